The highest BCUT2D eigenvalue weighted by Crippen LogP contribution is 2.38. The highest BCUT2D eigenvalue weighted by molar-refractivity contribution is 7.88. The Bertz CT molecular complexity index is 1990. The Hall–Kier alpha value is -4.98. The molecule has 0 fully saturated rings. The van der Waals surface area contributed by atoms with E-state index in [9.17, 15) is 26.4 Å². The number of halogens is 3. The lowest BCUT2D eigenvalue weighted by Crippen LogP contribution is -2.28. The Kier molecular flexibility index (Phi) is 8.52. The third kappa shape index (κ3) is 6.32. The molecule has 0 aliphatic rings. The molecule has 10 nitrogen and oxygen atoms in total. The van der Waals surface area contributed by atoms with Crippen molar-refractivity contribution in [1.29, 1.82) is 0 Å². The van der Waals surface area contributed by atoms with Crippen LogP contribution in [0, 0.1) is 0 Å². The minimum Gasteiger partial charge on any atom is -0.497 e. The van der Waals surface area contributed by atoms with Crippen molar-refractivity contribution in [1.82, 2.24) is 14.3 Å². The number of rotatable bonds is 10. The largest absolute Gasteiger partial charge is 0.534 e. The first-order valence-electron chi connectivity index (χ1n) is 13.4. The molecule has 0 saturated carbocycles. The molecule has 2 heterocycles. The predicted octanol–water partition coefficient (Wildman–Crippen LogP) is 5.30. The first-order chi connectivity index (χ1) is 21.3. The molecule has 0 aliphatic heterocycles. The minimum atomic E-state index is -5.79. The zero-order valence-electron chi connectivity index (χ0n) is 24.6. The van der Waals surface area contributed by atoms with Gasteiger partial charge in [-0.3, -0.25) is 9.48 Å². The number of benzene rings is 3. The Balaban J connectivity index is 1.50. The number of aryl methyl sites for hydroxylation is 1. The van der Waals surface area contributed by atoms with E-state index in [2.05, 4.69) is 9.28 Å². The fraction of sp³-hybridized carbons (Fsp3) is 0.226. The summed E-state index contributed by atoms with van der Waals surface area (Å²) in [5.74, 6) is 1.15. The molecule has 0 aliphatic carbocycles. The van der Waals surface area contributed by atoms with Gasteiger partial charge in [0.1, 0.15) is 28.5 Å². The van der Waals surface area contributed by atoms with Crippen LogP contribution in [0.15, 0.2) is 77.9 Å². The van der Waals surface area contributed by atoms with Crippen LogP contribution in [0.5, 0.6) is 23.0 Å². The maximum absolute atomic E-state index is 13.3. The number of pyridine rings is 1. The standard InChI is InChI=1S/C31H28F3N3O7S/c1-36-18-26(25-16-35-37(29(25)30(36)38)17-20-7-9-22(41-2)10-8-20)21-14-27(42-3)24(28(15-21)43-4)13-19-5-11-23(12-6-19)44-45(39,40)31(32,33)34/h5-12,14-16,18H,13,17H2,1-4H3. The SMILES string of the molecule is COc1ccc(Cn2ncc3c(-c4cc(OC)c(Cc5ccc(OS(=O)(=O)C(F)(F)F)cc5)c(OC)c4)cn(C)c(=O)c32)cc1. The molecule has 0 bridgehead atoms. The number of methoxy groups -OCH3 is 3. The Morgan fingerprint density at radius 1 is 0.844 bits per heavy atom. The molecule has 0 saturated heterocycles. The maximum Gasteiger partial charge on any atom is 0.534 e. The second kappa shape index (κ2) is 12.2. The third-order valence-corrected chi connectivity index (χ3v) is 8.16. The molecule has 5 rings (SSSR count). The normalized spacial score (nSPS) is 11.9. The zero-order valence-corrected chi connectivity index (χ0v) is 25.4. The van der Waals surface area contributed by atoms with Crippen molar-refractivity contribution in [2.45, 2.75) is 18.5 Å². The van der Waals surface area contributed by atoms with E-state index in [0.29, 0.717) is 51.2 Å². The molecular formula is C31H28F3N3O7S. The van der Waals surface area contributed by atoms with Crippen LogP contribution >= 0.6 is 0 Å². The molecule has 0 spiro atoms. The fourth-order valence-electron chi connectivity index (χ4n) is 4.91. The van der Waals surface area contributed by atoms with Crippen molar-refractivity contribution in [3.8, 4) is 34.1 Å². The van der Waals surface area contributed by atoms with Gasteiger partial charge in [0.2, 0.25) is 0 Å². The molecule has 0 atom stereocenters. The van der Waals surface area contributed by atoms with Crippen molar-refractivity contribution in [2.24, 2.45) is 7.05 Å². The molecule has 236 valence electrons. The van der Waals surface area contributed by atoms with Gasteiger partial charge in [-0.15, -0.1) is 0 Å². The number of hydrogen-bond acceptors (Lipinski definition) is 8. The lowest BCUT2D eigenvalue weighted by Gasteiger charge is -2.17. The van der Waals surface area contributed by atoms with Crippen LogP contribution in [-0.4, -0.2) is 49.6 Å². The van der Waals surface area contributed by atoms with E-state index >= 15 is 0 Å². The number of fused-ring (bicyclic) bond motifs is 1. The smallest absolute Gasteiger partial charge is 0.497 e. The summed E-state index contributed by atoms with van der Waals surface area (Å²) in [6.07, 6.45) is 3.60. The minimum absolute atomic E-state index is 0.217. The van der Waals surface area contributed by atoms with Gasteiger partial charge in [-0.2, -0.15) is 26.7 Å². The number of aromatic nitrogens is 3. The summed E-state index contributed by atoms with van der Waals surface area (Å²) in [6.45, 7) is 0.365. The lowest BCUT2D eigenvalue weighted by atomic mass is 9.97. The molecule has 0 unspecified atom stereocenters. The summed E-state index contributed by atoms with van der Waals surface area (Å²) >= 11 is 0. The third-order valence-electron chi connectivity index (χ3n) is 7.18. The molecule has 45 heavy (non-hydrogen) atoms. The molecule has 3 aromatic carbocycles. The van der Waals surface area contributed by atoms with Gasteiger partial charge in [-0.05, 0) is 53.1 Å². The highest BCUT2D eigenvalue weighted by Gasteiger charge is 2.48. The topological polar surface area (TPSA) is 111 Å². The van der Waals surface area contributed by atoms with E-state index < -0.39 is 21.4 Å². The number of ether oxygens (including phenoxy) is 3. The summed E-state index contributed by atoms with van der Waals surface area (Å²) in [5, 5.41) is 5.15. The van der Waals surface area contributed by atoms with Gasteiger partial charge in [-0.25, -0.2) is 0 Å². The first-order valence-corrected chi connectivity index (χ1v) is 14.8. The molecule has 14 heteroatoms. The quantitative estimate of drug-likeness (QED) is 0.149. The molecular weight excluding hydrogens is 615 g/mol. The van der Waals surface area contributed by atoms with Crippen LogP contribution in [-0.2, 0) is 30.1 Å². The van der Waals surface area contributed by atoms with Gasteiger partial charge in [-0.1, -0.05) is 24.3 Å². The monoisotopic (exact) mass is 643 g/mol. The van der Waals surface area contributed by atoms with Crippen LogP contribution in [0.4, 0.5) is 13.2 Å². The average Bonchev–Trinajstić information content (AvgIpc) is 3.43. The van der Waals surface area contributed by atoms with Crippen molar-refractivity contribution < 1.29 is 40.0 Å². The molecule has 5 aromatic rings. The van der Waals surface area contributed by atoms with E-state index in [0.717, 1.165) is 23.4 Å². The average molecular weight is 644 g/mol. The zero-order chi connectivity index (χ0) is 32.5. The van der Waals surface area contributed by atoms with Gasteiger partial charge in [0.15, 0.2) is 0 Å². The second-order valence-electron chi connectivity index (χ2n) is 10.0. The van der Waals surface area contributed by atoms with E-state index in [4.69, 9.17) is 14.2 Å². The molecule has 0 N–H and O–H groups in total. The van der Waals surface area contributed by atoms with Crippen LogP contribution in [0.25, 0.3) is 22.0 Å². The van der Waals surface area contributed by atoms with Crippen molar-refractivity contribution in [3.05, 3.63) is 100 Å². The predicted molar refractivity (Wildman–Crippen MR) is 160 cm³/mol. The molecule has 0 amide bonds. The first kappa shape index (κ1) is 31.4. The van der Waals surface area contributed by atoms with Crippen LogP contribution < -0.4 is 24.0 Å². The Morgan fingerprint density at radius 3 is 1.98 bits per heavy atom. The number of nitrogens with zero attached hydrogens (tertiary/aromatic N) is 3. The van der Waals surface area contributed by atoms with Crippen LogP contribution in [0.2, 0.25) is 0 Å². The number of hydrogen-bond donors (Lipinski definition) is 0. The van der Waals surface area contributed by atoms with E-state index in [1.54, 1.807) is 43.4 Å². The van der Waals surface area contributed by atoms with E-state index in [1.807, 2.05) is 24.3 Å². The summed E-state index contributed by atoms with van der Waals surface area (Å²) < 4.78 is 84.7. The fourth-order valence-corrected chi connectivity index (χ4v) is 5.36. The van der Waals surface area contributed by atoms with Gasteiger partial charge in [0.25, 0.3) is 5.56 Å². The van der Waals surface area contributed by atoms with Crippen molar-refractivity contribution in [2.75, 3.05) is 21.3 Å². The number of alkyl halides is 3. The summed E-state index contributed by atoms with van der Waals surface area (Å²) in [7, 11) is 0.443. The van der Waals surface area contributed by atoms with Crippen molar-refractivity contribution in [3.63, 3.8) is 0 Å². The van der Waals surface area contributed by atoms with E-state index in [1.165, 1.54) is 30.9 Å². The molecule has 2 aromatic heterocycles. The highest BCUT2D eigenvalue weighted by atomic mass is 32.2. The van der Waals surface area contributed by atoms with Crippen LogP contribution in [0.3, 0.4) is 0 Å². The summed E-state index contributed by atoms with van der Waals surface area (Å²) in [5.41, 5.74) is -1.74. The van der Waals surface area contributed by atoms with Crippen LogP contribution in [0.1, 0.15) is 16.7 Å². The van der Waals surface area contributed by atoms with Gasteiger partial charge in [0, 0.05) is 36.2 Å². The second-order valence-corrected chi connectivity index (χ2v) is 11.6. The van der Waals surface area contributed by atoms with Gasteiger partial charge in [0.05, 0.1) is 34.1 Å². The summed E-state index contributed by atoms with van der Waals surface area (Å²) in [6, 6.07) is 16.2. The summed E-state index contributed by atoms with van der Waals surface area (Å²) in [4.78, 5) is 13.3. The van der Waals surface area contributed by atoms with Gasteiger partial charge >= 0.3 is 15.6 Å². The Morgan fingerprint density at radius 2 is 1.42 bits per heavy atom. The maximum atomic E-state index is 13.3. The molecule has 0 radical (unpaired) electrons. The Labute approximate surface area is 256 Å². The van der Waals surface area contributed by atoms with E-state index in [-0.39, 0.29) is 12.0 Å². The lowest BCUT2D eigenvalue weighted by molar-refractivity contribution is -0.0500. The van der Waals surface area contributed by atoms with Crippen molar-refractivity contribution >= 4 is 21.0 Å². The van der Waals surface area contributed by atoms with Gasteiger partial charge < -0.3 is 23.0 Å².